The van der Waals surface area contributed by atoms with Crippen LogP contribution in [0.25, 0.3) is 0 Å². The molecule has 4 heteroatoms. The van der Waals surface area contributed by atoms with Crippen molar-refractivity contribution in [1.29, 1.82) is 0 Å². The minimum absolute atomic E-state index is 1.18. The molecule has 0 aliphatic carbocycles. The molecule has 0 N–H and O–H groups in total. The fraction of sp³-hybridized carbons (Fsp3) is 0.0930. The molecule has 0 aromatic heterocycles. The zero-order chi connectivity index (χ0) is 32.7. The molecule has 6 aromatic rings. The maximum absolute atomic E-state index is 4.31. The smallest absolute Gasteiger partial charge is 0.223 e. The standard InChI is InChI=1S/C43H42N2P2/c1-44(2)42(46(36-23-11-5-12-24-36,37-25-13-6-14-26-37)38-27-15-7-16-28-38)35-43(45(3)4)47(39-29-17-8-18-30-39,40-31-19-9-20-32-40)41-33-21-10-22-34-41/h5-34H,1-4H3/q+2. The Morgan fingerprint density at radius 2 is 0.489 bits per heavy atom. The van der Waals surface area contributed by atoms with Crippen LogP contribution in [0, 0.1) is 0 Å². The predicted molar refractivity (Wildman–Crippen MR) is 208 cm³/mol. The molecular weight excluding hydrogens is 606 g/mol. The minimum Gasteiger partial charge on any atom is -0.342 e. The molecule has 0 fully saturated rings. The fourth-order valence-electron chi connectivity index (χ4n) is 6.63. The highest BCUT2D eigenvalue weighted by atomic mass is 31.2. The zero-order valence-electron chi connectivity index (χ0n) is 27.6. The van der Waals surface area contributed by atoms with Gasteiger partial charge in [-0.15, -0.1) is 0 Å². The van der Waals surface area contributed by atoms with E-state index < -0.39 is 14.5 Å². The van der Waals surface area contributed by atoms with Crippen molar-refractivity contribution in [2.75, 3.05) is 28.2 Å². The molecule has 0 aliphatic rings. The summed E-state index contributed by atoms with van der Waals surface area (Å²) in [4.78, 5) is 4.64. The normalized spacial score (nSPS) is 11.3. The Labute approximate surface area is 282 Å². The minimum atomic E-state index is -2.46. The summed E-state index contributed by atoms with van der Waals surface area (Å²) in [6, 6.07) is 66.5. The van der Waals surface area contributed by atoms with Gasteiger partial charge in [-0.3, -0.25) is 0 Å². The third-order valence-electron chi connectivity index (χ3n) is 8.57. The molecule has 0 unspecified atom stereocenters. The molecular formula is C43H42N2P2+2. The van der Waals surface area contributed by atoms with Gasteiger partial charge in [0.15, 0.2) is 14.5 Å². The highest BCUT2D eigenvalue weighted by molar-refractivity contribution is 7.99. The zero-order valence-corrected chi connectivity index (χ0v) is 29.4. The Balaban J connectivity index is 1.89. The SMILES string of the molecule is CN(C)C(=C=C(N(C)C)[P+](c1ccccc1)(c1ccccc1)c1ccccc1)[P+](c1ccccc1)(c1ccccc1)c1ccccc1. The van der Waals surface area contributed by atoms with E-state index >= 15 is 0 Å². The van der Waals surface area contributed by atoms with Crippen molar-refractivity contribution in [3.05, 3.63) is 199 Å². The molecule has 0 saturated heterocycles. The van der Waals surface area contributed by atoms with Crippen molar-refractivity contribution in [3.63, 3.8) is 0 Å². The number of hydrogen-bond donors (Lipinski definition) is 0. The largest absolute Gasteiger partial charge is 0.342 e. The van der Waals surface area contributed by atoms with Gasteiger partial charge in [-0.25, -0.2) is 0 Å². The average Bonchev–Trinajstić information content (AvgIpc) is 3.13. The summed E-state index contributed by atoms with van der Waals surface area (Å²) in [6.45, 7) is 0. The van der Waals surface area contributed by atoms with E-state index in [0.29, 0.717) is 0 Å². The quantitative estimate of drug-likeness (QED) is 0.113. The van der Waals surface area contributed by atoms with Crippen LogP contribution in [-0.4, -0.2) is 38.0 Å². The molecule has 0 spiro atoms. The molecule has 6 rings (SSSR count). The molecule has 0 amide bonds. The van der Waals surface area contributed by atoms with Crippen molar-refractivity contribution in [3.8, 4) is 0 Å². The lowest BCUT2D eigenvalue weighted by Gasteiger charge is -2.33. The van der Waals surface area contributed by atoms with Crippen LogP contribution >= 0.6 is 14.5 Å². The third kappa shape index (κ3) is 5.98. The molecule has 0 atom stereocenters. The van der Waals surface area contributed by atoms with Gasteiger partial charge in [0, 0.05) is 33.9 Å². The van der Waals surface area contributed by atoms with Crippen molar-refractivity contribution in [1.82, 2.24) is 9.80 Å². The van der Waals surface area contributed by atoms with E-state index in [9.17, 15) is 0 Å². The van der Waals surface area contributed by atoms with Crippen LogP contribution in [-0.2, 0) is 0 Å². The van der Waals surface area contributed by atoms with Gasteiger partial charge < -0.3 is 9.80 Å². The van der Waals surface area contributed by atoms with E-state index in [4.69, 9.17) is 0 Å². The summed E-state index contributed by atoms with van der Waals surface area (Å²) in [5.41, 5.74) is 6.67. The lowest BCUT2D eigenvalue weighted by Crippen LogP contribution is -2.38. The second-order valence-corrected chi connectivity index (χ2v) is 18.5. The topological polar surface area (TPSA) is 6.48 Å². The predicted octanol–water partition coefficient (Wildman–Crippen LogP) is 7.38. The van der Waals surface area contributed by atoms with Gasteiger partial charge in [-0.1, -0.05) is 109 Å². The number of rotatable bonds is 10. The van der Waals surface area contributed by atoms with Gasteiger partial charge in [-0.05, 0) is 72.8 Å². The Bertz CT molecular complexity index is 1600. The van der Waals surface area contributed by atoms with Gasteiger partial charge in [-0.2, -0.15) is 0 Å². The molecule has 0 bridgehead atoms. The summed E-state index contributed by atoms with van der Waals surface area (Å²) >= 11 is 0. The van der Waals surface area contributed by atoms with Crippen LogP contribution in [0.3, 0.4) is 0 Å². The van der Waals surface area contributed by atoms with E-state index in [1.807, 2.05) is 0 Å². The van der Waals surface area contributed by atoms with Crippen LogP contribution in [0.2, 0.25) is 0 Å². The molecule has 0 radical (unpaired) electrons. The van der Waals surface area contributed by atoms with Crippen LogP contribution in [0.15, 0.2) is 199 Å². The fourth-order valence-corrected chi connectivity index (χ4v) is 15.4. The Kier molecular flexibility index (Phi) is 9.87. The maximum Gasteiger partial charge on any atom is 0.223 e. The van der Waals surface area contributed by atoms with E-state index in [1.54, 1.807) is 0 Å². The van der Waals surface area contributed by atoms with Gasteiger partial charge >= 0.3 is 0 Å². The number of nitrogens with zero attached hydrogens (tertiary/aromatic N) is 2. The summed E-state index contributed by atoms with van der Waals surface area (Å²) in [5.74, 6) is 0. The molecule has 2 nitrogen and oxygen atoms in total. The first-order valence-electron chi connectivity index (χ1n) is 16.0. The Morgan fingerprint density at radius 3 is 0.638 bits per heavy atom. The summed E-state index contributed by atoms with van der Waals surface area (Å²) < 4.78 is 0. The maximum atomic E-state index is 4.31. The lowest BCUT2D eigenvalue weighted by atomic mass is 10.4. The van der Waals surface area contributed by atoms with Crippen LogP contribution in [0.1, 0.15) is 0 Å². The van der Waals surface area contributed by atoms with Crippen molar-refractivity contribution in [2.45, 2.75) is 0 Å². The van der Waals surface area contributed by atoms with E-state index in [2.05, 4.69) is 226 Å². The van der Waals surface area contributed by atoms with Crippen molar-refractivity contribution >= 4 is 46.4 Å². The first kappa shape index (κ1) is 32.2. The van der Waals surface area contributed by atoms with Gasteiger partial charge in [0.1, 0.15) is 31.8 Å². The molecule has 6 aromatic carbocycles. The monoisotopic (exact) mass is 648 g/mol. The first-order chi connectivity index (χ1) is 23.0. The van der Waals surface area contributed by atoms with E-state index in [1.165, 1.54) is 42.7 Å². The Hall–Kier alpha value is -4.70. The highest BCUT2D eigenvalue weighted by Gasteiger charge is 2.55. The molecule has 0 heterocycles. The molecule has 232 valence electrons. The summed E-state index contributed by atoms with van der Waals surface area (Å²) in [7, 11) is 3.84. The highest BCUT2D eigenvalue weighted by Crippen LogP contribution is 2.66. The molecule has 0 aliphatic heterocycles. The van der Waals surface area contributed by atoms with Crippen LogP contribution < -0.4 is 31.8 Å². The first-order valence-corrected chi connectivity index (χ1v) is 19.6. The number of benzene rings is 6. The summed E-state index contributed by atoms with van der Waals surface area (Å²) in [6.07, 6.45) is 0. The lowest BCUT2D eigenvalue weighted by molar-refractivity contribution is 0.533. The third-order valence-corrected chi connectivity index (χ3v) is 17.3. The second kappa shape index (κ2) is 14.4. The Morgan fingerprint density at radius 1 is 0.319 bits per heavy atom. The van der Waals surface area contributed by atoms with Crippen molar-refractivity contribution in [2.24, 2.45) is 0 Å². The van der Waals surface area contributed by atoms with Crippen LogP contribution in [0.5, 0.6) is 0 Å². The van der Waals surface area contributed by atoms with Gasteiger partial charge in [0.05, 0.1) is 0 Å². The van der Waals surface area contributed by atoms with Crippen LogP contribution in [0.4, 0.5) is 0 Å². The molecule has 47 heavy (non-hydrogen) atoms. The number of hydrogen-bond acceptors (Lipinski definition) is 2. The van der Waals surface area contributed by atoms with E-state index in [0.717, 1.165) is 0 Å². The van der Waals surface area contributed by atoms with Gasteiger partial charge in [0.2, 0.25) is 10.9 Å². The van der Waals surface area contributed by atoms with Crippen molar-refractivity contribution < 1.29 is 0 Å². The average molecular weight is 649 g/mol. The second-order valence-electron chi connectivity index (χ2n) is 11.9. The molecule has 0 saturated carbocycles. The summed E-state index contributed by atoms with van der Waals surface area (Å²) in [5, 5.41) is 7.80. The van der Waals surface area contributed by atoms with Gasteiger partial charge in [0.25, 0.3) is 0 Å². The van der Waals surface area contributed by atoms with E-state index in [-0.39, 0.29) is 0 Å².